The van der Waals surface area contributed by atoms with E-state index in [1.165, 1.54) is 12.1 Å². The van der Waals surface area contributed by atoms with Gasteiger partial charge in [-0.3, -0.25) is 0 Å². The Bertz CT molecular complexity index is 717. The zero-order valence-corrected chi connectivity index (χ0v) is 16.0. The third-order valence-electron chi connectivity index (χ3n) is 5.91. The van der Waals surface area contributed by atoms with Crippen molar-refractivity contribution < 1.29 is 33.0 Å². The molecule has 2 aliphatic carbocycles. The van der Waals surface area contributed by atoms with E-state index < -0.39 is 23.5 Å². The summed E-state index contributed by atoms with van der Waals surface area (Å²) in [5.74, 6) is -6.75. The third-order valence-corrected chi connectivity index (χ3v) is 5.91. The second-order valence-corrected chi connectivity index (χ2v) is 8.11. The topological polar surface area (TPSA) is 72.8 Å². The number of rotatable bonds is 6. The van der Waals surface area contributed by atoms with Gasteiger partial charge in [0, 0.05) is 0 Å². The van der Waals surface area contributed by atoms with E-state index in [0.29, 0.717) is 25.0 Å². The molecule has 2 aliphatic rings. The molecule has 0 radical (unpaired) electrons. The van der Waals surface area contributed by atoms with E-state index in [1.807, 2.05) is 6.92 Å². The molecule has 0 heterocycles. The van der Waals surface area contributed by atoms with Crippen molar-refractivity contribution in [3.05, 3.63) is 29.8 Å². The zero-order chi connectivity index (χ0) is 20.4. The van der Waals surface area contributed by atoms with Crippen LogP contribution in [-0.4, -0.2) is 34.2 Å². The van der Waals surface area contributed by atoms with E-state index in [4.69, 9.17) is 14.6 Å². The van der Waals surface area contributed by atoms with Gasteiger partial charge in [0.2, 0.25) is 0 Å². The lowest BCUT2D eigenvalue weighted by atomic mass is 9.79. The van der Waals surface area contributed by atoms with E-state index in [0.717, 1.165) is 25.7 Å². The smallest absolute Gasteiger partial charge is 0.381 e. The van der Waals surface area contributed by atoms with Gasteiger partial charge >= 0.3 is 17.9 Å². The first kappa shape index (κ1) is 20.6. The molecule has 1 aromatic rings. The monoisotopic (exact) mass is 396 g/mol. The highest BCUT2D eigenvalue weighted by molar-refractivity contribution is 5.90. The summed E-state index contributed by atoms with van der Waals surface area (Å²) in [6.45, 7) is 2.04. The van der Waals surface area contributed by atoms with Crippen LogP contribution in [0, 0.1) is 0 Å². The Morgan fingerprint density at radius 1 is 0.964 bits per heavy atom. The number of hydrogen-bond donors (Lipinski definition) is 1. The first-order chi connectivity index (χ1) is 13.2. The van der Waals surface area contributed by atoms with E-state index in [1.54, 1.807) is 12.1 Å². The molecule has 1 N–H and O–H groups in total. The van der Waals surface area contributed by atoms with Crippen molar-refractivity contribution in [2.24, 2.45) is 0 Å². The van der Waals surface area contributed by atoms with Crippen molar-refractivity contribution in [2.45, 2.75) is 81.8 Å². The Morgan fingerprint density at radius 3 is 2.04 bits per heavy atom. The maximum absolute atomic E-state index is 14.4. The van der Waals surface area contributed by atoms with Crippen molar-refractivity contribution >= 4 is 11.9 Å². The summed E-state index contributed by atoms with van der Waals surface area (Å²) in [5.41, 5.74) is -2.44. The predicted octanol–water partition coefficient (Wildman–Crippen LogP) is 4.98. The van der Waals surface area contributed by atoms with Gasteiger partial charge in [-0.05, 0) is 82.6 Å². The number of halogens is 2. The van der Waals surface area contributed by atoms with Gasteiger partial charge in [-0.15, -0.1) is 0 Å². The molecule has 3 rings (SSSR count). The lowest BCUT2D eigenvalue weighted by Crippen LogP contribution is -2.56. The van der Waals surface area contributed by atoms with Gasteiger partial charge in [-0.2, -0.15) is 8.78 Å². The number of carbonyl (C=O) groups is 2. The lowest BCUT2D eigenvalue weighted by Gasteiger charge is -2.40. The molecule has 0 amide bonds. The largest absolute Gasteiger partial charge is 0.488 e. The first-order valence-electron chi connectivity index (χ1n) is 9.81. The van der Waals surface area contributed by atoms with E-state index in [9.17, 15) is 18.4 Å². The van der Waals surface area contributed by atoms with Crippen molar-refractivity contribution in [2.75, 3.05) is 0 Å². The first-order valence-corrected chi connectivity index (χ1v) is 9.81. The second kappa shape index (κ2) is 7.68. The summed E-state index contributed by atoms with van der Waals surface area (Å²) in [6, 6.07) is 6.16. The van der Waals surface area contributed by atoms with Crippen LogP contribution in [0.1, 0.15) is 75.1 Å². The molecule has 1 aromatic carbocycles. The number of benzene rings is 1. The minimum absolute atomic E-state index is 0.0927. The Balaban J connectivity index is 1.74. The molecule has 154 valence electrons. The summed E-state index contributed by atoms with van der Waals surface area (Å²) in [6.07, 6.45) is 5.30. The normalized spacial score (nSPS) is 21.1. The number of esters is 1. The van der Waals surface area contributed by atoms with Gasteiger partial charge in [0.15, 0.2) is 5.60 Å². The van der Waals surface area contributed by atoms with Crippen LogP contribution >= 0.6 is 0 Å². The summed E-state index contributed by atoms with van der Waals surface area (Å²) < 4.78 is 40.0. The number of aliphatic carboxylic acids is 1. The summed E-state index contributed by atoms with van der Waals surface area (Å²) in [5, 5.41) is 8.98. The van der Waals surface area contributed by atoms with Crippen LogP contribution in [0.5, 0.6) is 5.75 Å². The van der Waals surface area contributed by atoms with E-state index in [2.05, 4.69) is 0 Å². The van der Waals surface area contributed by atoms with Gasteiger partial charge in [-0.1, -0.05) is 6.42 Å². The molecular weight excluding hydrogens is 370 g/mol. The Hall–Kier alpha value is -2.18. The van der Waals surface area contributed by atoms with Gasteiger partial charge < -0.3 is 14.6 Å². The highest BCUT2D eigenvalue weighted by Crippen LogP contribution is 2.44. The van der Waals surface area contributed by atoms with Gasteiger partial charge in [-0.25, -0.2) is 9.59 Å². The van der Waals surface area contributed by atoms with Crippen molar-refractivity contribution in [1.29, 1.82) is 0 Å². The summed E-state index contributed by atoms with van der Waals surface area (Å²) in [4.78, 5) is 23.6. The molecule has 7 heteroatoms. The number of alkyl halides is 2. The predicted molar refractivity (Wildman–Crippen MR) is 97.8 cm³/mol. The van der Waals surface area contributed by atoms with Crippen LogP contribution in [0.25, 0.3) is 0 Å². The fourth-order valence-corrected chi connectivity index (χ4v) is 4.20. The van der Waals surface area contributed by atoms with Gasteiger partial charge in [0.25, 0.3) is 0 Å². The number of hydrogen-bond acceptors (Lipinski definition) is 4. The molecule has 0 saturated heterocycles. The van der Waals surface area contributed by atoms with Crippen LogP contribution in [-0.2, 0) is 9.53 Å². The van der Waals surface area contributed by atoms with E-state index in [-0.39, 0.29) is 24.0 Å². The summed E-state index contributed by atoms with van der Waals surface area (Å²) >= 11 is 0. The number of carboxylic acids is 1. The van der Waals surface area contributed by atoms with Crippen LogP contribution in [0.4, 0.5) is 8.78 Å². The number of carboxylic acid groups (broad SMARTS) is 1. The third kappa shape index (κ3) is 3.98. The molecule has 0 atom stereocenters. The molecule has 0 aromatic heterocycles. The summed E-state index contributed by atoms with van der Waals surface area (Å²) in [7, 11) is 0. The van der Waals surface area contributed by atoms with Crippen molar-refractivity contribution in [1.82, 2.24) is 0 Å². The SMILES string of the molecule is CC1(Oc2ccc(C(=O)OC3(C(F)(F)C(=O)O)CCCCC3)cc2)CCCC1. The standard InChI is InChI=1S/C21H26F2O5/c1-19(11-5-6-12-19)27-16-9-7-15(8-10-16)17(24)28-20(13-3-2-4-14-20)21(22,23)18(25)26/h7-10H,2-6,11-14H2,1H3,(H,25,26). The van der Waals surface area contributed by atoms with Crippen LogP contribution in [0.3, 0.4) is 0 Å². The molecular formula is C21H26F2O5. The Labute approximate surface area is 163 Å². The fourth-order valence-electron chi connectivity index (χ4n) is 4.20. The minimum Gasteiger partial charge on any atom is -0.488 e. The fraction of sp³-hybridized carbons (Fsp3) is 0.619. The molecule has 0 bridgehead atoms. The average molecular weight is 396 g/mol. The van der Waals surface area contributed by atoms with Crippen LogP contribution in [0.15, 0.2) is 24.3 Å². The van der Waals surface area contributed by atoms with Gasteiger partial charge in [0.05, 0.1) is 5.56 Å². The molecule has 2 saturated carbocycles. The van der Waals surface area contributed by atoms with Crippen molar-refractivity contribution in [3.63, 3.8) is 0 Å². The van der Waals surface area contributed by atoms with Crippen LogP contribution < -0.4 is 4.74 Å². The van der Waals surface area contributed by atoms with Gasteiger partial charge in [0.1, 0.15) is 11.4 Å². The maximum atomic E-state index is 14.4. The Morgan fingerprint density at radius 2 is 1.50 bits per heavy atom. The second-order valence-electron chi connectivity index (χ2n) is 8.11. The highest BCUT2D eigenvalue weighted by atomic mass is 19.3. The van der Waals surface area contributed by atoms with Crippen LogP contribution in [0.2, 0.25) is 0 Å². The molecule has 2 fully saturated rings. The number of carbonyl (C=O) groups excluding carboxylic acids is 1. The molecule has 28 heavy (non-hydrogen) atoms. The lowest BCUT2D eigenvalue weighted by molar-refractivity contribution is -0.215. The molecule has 5 nitrogen and oxygen atoms in total. The quantitative estimate of drug-likeness (QED) is 0.687. The average Bonchev–Trinajstić information content (AvgIpc) is 3.08. The Kier molecular flexibility index (Phi) is 5.64. The highest BCUT2D eigenvalue weighted by Gasteiger charge is 2.62. The molecule has 0 unspecified atom stereocenters. The maximum Gasteiger partial charge on any atom is 0.381 e. The zero-order valence-electron chi connectivity index (χ0n) is 16.0. The van der Waals surface area contributed by atoms with E-state index >= 15 is 0 Å². The van der Waals surface area contributed by atoms with Crippen molar-refractivity contribution in [3.8, 4) is 5.75 Å². The molecule has 0 aliphatic heterocycles. The molecule has 0 spiro atoms. The minimum atomic E-state index is -4.14. The number of ether oxygens (including phenoxy) is 2.